The molecule has 0 unspecified atom stereocenters. The minimum absolute atomic E-state index is 0.109. The summed E-state index contributed by atoms with van der Waals surface area (Å²) in [7, 11) is 2.53. The standard InChI is InChI=1S/C19H31N3O6S/c1-21(2)29(24,25)22(16-7-11-28-12-8-16)10-9-20-19(23)14-15-13-17(26-3)5-6-18(15)27-4/h5-6,13,16H,7-12,14H2,1-4H3,(H,20,23). The lowest BCUT2D eigenvalue weighted by atomic mass is 10.1. The largest absolute Gasteiger partial charge is 0.497 e. The molecule has 0 aliphatic carbocycles. The molecule has 0 atom stereocenters. The van der Waals surface area contributed by atoms with Crippen LogP contribution in [-0.2, 0) is 26.2 Å². The summed E-state index contributed by atoms with van der Waals surface area (Å²) in [5.41, 5.74) is 0.701. The normalized spacial score (nSPS) is 15.5. The van der Waals surface area contributed by atoms with E-state index in [1.165, 1.54) is 22.7 Å². The van der Waals surface area contributed by atoms with E-state index in [0.29, 0.717) is 43.1 Å². The maximum absolute atomic E-state index is 12.7. The van der Waals surface area contributed by atoms with Gasteiger partial charge in [-0.05, 0) is 31.0 Å². The number of carbonyl (C=O) groups is 1. The summed E-state index contributed by atoms with van der Waals surface area (Å²) in [5, 5.41) is 2.81. The topological polar surface area (TPSA) is 97.4 Å². The van der Waals surface area contributed by atoms with Gasteiger partial charge in [0.15, 0.2) is 0 Å². The number of amides is 1. The number of ether oxygens (including phenoxy) is 3. The van der Waals surface area contributed by atoms with E-state index in [1.807, 2.05) is 0 Å². The van der Waals surface area contributed by atoms with E-state index in [2.05, 4.69) is 5.32 Å². The Morgan fingerprint density at radius 2 is 1.90 bits per heavy atom. The average Bonchev–Trinajstić information content (AvgIpc) is 2.71. The van der Waals surface area contributed by atoms with Crippen molar-refractivity contribution in [2.75, 3.05) is 54.6 Å². The molecule has 1 N–H and O–H groups in total. The molecule has 164 valence electrons. The molecule has 0 spiro atoms. The molecule has 10 heteroatoms. The highest BCUT2D eigenvalue weighted by molar-refractivity contribution is 7.86. The molecule has 1 amide bonds. The highest BCUT2D eigenvalue weighted by Crippen LogP contribution is 2.24. The summed E-state index contributed by atoms with van der Waals surface area (Å²) >= 11 is 0. The minimum Gasteiger partial charge on any atom is -0.497 e. The predicted octanol–water partition coefficient (Wildman–Crippen LogP) is 0.650. The van der Waals surface area contributed by atoms with E-state index >= 15 is 0 Å². The van der Waals surface area contributed by atoms with Crippen LogP contribution in [0.2, 0.25) is 0 Å². The van der Waals surface area contributed by atoms with Crippen LogP contribution < -0.4 is 14.8 Å². The Morgan fingerprint density at radius 3 is 2.48 bits per heavy atom. The fraction of sp³-hybridized carbons (Fsp3) is 0.632. The second-order valence-corrected chi connectivity index (χ2v) is 9.04. The fourth-order valence-corrected chi connectivity index (χ4v) is 4.56. The zero-order valence-corrected chi connectivity index (χ0v) is 18.3. The van der Waals surface area contributed by atoms with Crippen LogP contribution in [0.25, 0.3) is 0 Å². The molecule has 1 aromatic carbocycles. The Morgan fingerprint density at radius 1 is 1.21 bits per heavy atom. The number of hydrogen-bond acceptors (Lipinski definition) is 6. The van der Waals surface area contributed by atoms with Gasteiger partial charge in [-0.15, -0.1) is 0 Å². The molecular weight excluding hydrogens is 398 g/mol. The van der Waals surface area contributed by atoms with Gasteiger partial charge >= 0.3 is 0 Å². The molecule has 9 nitrogen and oxygen atoms in total. The van der Waals surface area contributed by atoms with Crippen molar-refractivity contribution in [2.24, 2.45) is 0 Å². The van der Waals surface area contributed by atoms with Crippen molar-refractivity contribution in [3.8, 4) is 11.5 Å². The van der Waals surface area contributed by atoms with Crippen LogP contribution in [0.5, 0.6) is 11.5 Å². The lowest BCUT2D eigenvalue weighted by Gasteiger charge is -2.34. The summed E-state index contributed by atoms with van der Waals surface area (Å²) < 4.78 is 43.9. The molecule has 0 aromatic heterocycles. The van der Waals surface area contributed by atoms with Gasteiger partial charge in [-0.1, -0.05) is 0 Å². The van der Waals surface area contributed by atoms with Crippen molar-refractivity contribution in [1.29, 1.82) is 0 Å². The van der Waals surface area contributed by atoms with Crippen LogP contribution in [0.4, 0.5) is 0 Å². The first-order valence-corrected chi connectivity index (χ1v) is 10.9. The number of methoxy groups -OCH3 is 2. The van der Waals surface area contributed by atoms with E-state index in [-0.39, 0.29) is 31.5 Å². The average molecular weight is 430 g/mol. The number of nitrogens with one attached hydrogen (secondary N) is 1. The predicted molar refractivity (Wildman–Crippen MR) is 109 cm³/mol. The van der Waals surface area contributed by atoms with Gasteiger partial charge < -0.3 is 19.5 Å². The van der Waals surface area contributed by atoms with Crippen LogP contribution in [0.3, 0.4) is 0 Å². The lowest BCUT2D eigenvalue weighted by Crippen LogP contribution is -2.50. The summed E-state index contributed by atoms with van der Waals surface area (Å²) in [6, 6.07) is 5.13. The first-order chi connectivity index (χ1) is 13.8. The molecule has 0 bridgehead atoms. The van der Waals surface area contributed by atoms with E-state index in [1.54, 1.807) is 32.4 Å². The zero-order valence-electron chi connectivity index (χ0n) is 17.5. The van der Waals surface area contributed by atoms with Crippen molar-refractivity contribution in [3.63, 3.8) is 0 Å². The van der Waals surface area contributed by atoms with Crippen LogP contribution in [0.1, 0.15) is 18.4 Å². The lowest BCUT2D eigenvalue weighted by molar-refractivity contribution is -0.120. The molecule has 2 rings (SSSR count). The van der Waals surface area contributed by atoms with Crippen molar-refractivity contribution in [1.82, 2.24) is 13.9 Å². The van der Waals surface area contributed by atoms with Gasteiger partial charge in [0.25, 0.3) is 10.2 Å². The summed E-state index contributed by atoms with van der Waals surface area (Å²) in [5.74, 6) is 1.02. The molecule has 0 saturated carbocycles. The molecule has 1 aliphatic heterocycles. The number of rotatable bonds is 10. The van der Waals surface area contributed by atoms with Gasteiger partial charge in [0.1, 0.15) is 11.5 Å². The van der Waals surface area contributed by atoms with Crippen LogP contribution >= 0.6 is 0 Å². The van der Waals surface area contributed by atoms with Gasteiger partial charge in [0.05, 0.1) is 20.6 Å². The van der Waals surface area contributed by atoms with Gasteiger partial charge in [-0.2, -0.15) is 17.0 Å². The van der Waals surface area contributed by atoms with Gasteiger partial charge in [0, 0.05) is 52.0 Å². The fourth-order valence-electron chi connectivity index (χ4n) is 3.23. The van der Waals surface area contributed by atoms with Crippen molar-refractivity contribution in [3.05, 3.63) is 23.8 Å². The van der Waals surface area contributed by atoms with E-state index in [4.69, 9.17) is 14.2 Å². The maximum atomic E-state index is 12.7. The van der Waals surface area contributed by atoms with Crippen LogP contribution in [-0.4, -0.2) is 83.6 Å². The summed E-state index contributed by atoms with van der Waals surface area (Å²) in [6.45, 7) is 1.49. The zero-order chi connectivity index (χ0) is 21.4. The first-order valence-electron chi connectivity index (χ1n) is 9.54. The number of benzene rings is 1. The number of hydrogen-bond donors (Lipinski definition) is 1. The molecule has 1 fully saturated rings. The van der Waals surface area contributed by atoms with Crippen molar-refractivity contribution in [2.45, 2.75) is 25.3 Å². The molecule has 0 radical (unpaired) electrons. The summed E-state index contributed by atoms with van der Waals surface area (Å²) in [4.78, 5) is 12.4. The molecule has 1 saturated heterocycles. The van der Waals surface area contributed by atoms with Crippen LogP contribution in [0.15, 0.2) is 18.2 Å². The van der Waals surface area contributed by atoms with Gasteiger partial charge in [-0.25, -0.2) is 0 Å². The Hall–Kier alpha value is -1.88. The highest BCUT2D eigenvalue weighted by Gasteiger charge is 2.32. The number of nitrogens with zero attached hydrogens (tertiary/aromatic N) is 2. The summed E-state index contributed by atoms with van der Waals surface area (Å²) in [6.07, 6.45) is 1.39. The molecule has 1 aliphatic rings. The first kappa shape index (κ1) is 23.4. The third kappa shape index (κ3) is 6.30. The monoisotopic (exact) mass is 429 g/mol. The van der Waals surface area contributed by atoms with Crippen molar-refractivity contribution >= 4 is 16.1 Å². The van der Waals surface area contributed by atoms with E-state index in [0.717, 1.165) is 0 Å². The molecular formula is C19H31N3O6S. The van der Waals surface area contributed by atoms with Crippen LogP contribution in [0, 0.1) is 0 Å². The molecule has 29 heavy (non-hydrogen) atoms. The Balaban J connectivity index is 1.99. The minimum atomic E-state index is -3.59. The molecule has 1 heterocycles. The Labute approximate surface area is 173 Å². The van der Waals surface area contributed by atoms with Gasteiger partial charge in [0.2, 0.25) is 5.91 Å². The second kappa shape index (κ2) is 10.8. The maximum Gasteiger partial charge on any atom is 0.281 e. The van der Waals surface area contributed by atoms with Gasteiger partial charge in [-0.3, -0.25) is 4.79 Å². The van der Waals surface area contributed by atoms with Crippen molar-refractivity contribution < 1.29 is 27.4 Å². The molecule has 1 aromatic rings. The van der Waals surface area contributed by atoms with E-state index in [9.17, 15) is 13.2 Å². The SMILES string of the molecule is COc1ccc(OC)c(CC(=O)NCCN(C2CCOCC2)S(=O)(=O)N(C)C)c1. The van der Waals surface area contributed by atoms with E-state index < -0.39 is 10.2 Å². The number of carbonyl (C=O) groups excluding carboxylic acids is 1. The third-order valence-corrected chi connectivity index (χ3v) is 6.85. The Bertz CT molecular complexity index is 778. The third-order valence-electron chi connectivity index (χ3n) is 4.85. The second-order valence-electron chi connectivity index (χ2n) is 6.95. The quantitative estimate of drug-likeness (QED) is 0.587. The smallest absolute Gasteiger partial charge is 0.281 e. The Kier molecular flexibility index (Phi) is 8.69. The highest BCUT2D eigenvalue weighted by atomic mass is 32.2.